The predicted molar refractivity (Wildman–Crippen MR) is 146 cm³/mol. The van der Waals surface area contributed by atoms with E-state index < -0.39 is 0 Å². The fourth-order valence-electron chi connectivity index (χ4n) is 5.40. The van der Waals surface area contributed by atoms with Crippen LogP contribution in [-0.4, -0.2) is 28.4 Å². The van der Waals surface area contributed by atoms with Crippen LogP contribution in [0.2, 0.25) is 0 Å². The van der Waals surface area contributed by atoms with Gasteiger partial charge in [-0.3, -0.25) is 5.10 Å². The maximum atomic E-state index is 4.78. The topological polar surface area (TPSA) is 48.0 Å². The summed E-state index contributed by atoms with van der Waals surface area (Å²) in [6.45, 7) is 10.5. The van der Waals surface area contributed by atoms with Crippen LogP contribution in [0.1, 0.15) is 47.3 Å². The molecule has 0 saturated heterocycles. The summed E-state index contributed by atoms with van der Waals surface area (Å²) in [5.74, 6) is 1.05. The van der Waals surface area contributed by atoms with Crippen molar-refractivity contribution in [2.45, 2.75) is 53.4 Å². The van der Waals surface area contributed by atoms with Gasteiger partial charge in [0.05, 0.1) is 18.1 Å². The number of benzene rings is 2. The monoisotopic (exact) mass is 465 g/mol. The number of fused-ring (bicyclic) bond motifs is 1. The van der Waals surface area contributed by atoms with Crippen LogP contribution in [0.3, 0.4) is 0 Å². The molecule has 0 amide bonds. The summed E-state index contributed by atoms with van der Waals surface area (Å²) >= 11 is 0. The third kappa shape index (κ3) is 4.95. The molecule has 0 radical (unpaired) electrons. The molecule has 1 N–H and O–H groups in total. The third-order valence-electron chi connectivity index (χ3n) is 6.92. The Labute approximate surface area is 208 Å². The fraction of sp³-hybridized carbons (Fsp3) is 0.333. The van der Waals surface area contributed by atoms with E-state index in [1.54, 1.807) is 0 Å². The Bertz CT molecular complexity index is 1300. The lowest BCUT2D eigenvalue weighted by atomic mass is 9.93. The van der Waals surface area contributed by atoms with E-state index in [9.17, 15) is 0 Å². The number of unbranched alkanes of at least 4 members (excludes halogenated alkanes) is 2. The lowest BCUT2D eigenvalue weighted by molar-refractivity contribution is 0.654. The number of nitrogens with one attached hydrogen (secondary N) is 1. The third-order valence-corrected chi connectivity index (χ3v) is 6.92. The molecule has 0 spiro atoms. The van der Waals surface area contributed by atoms with Crippen molar-refractivity contribution in [3.63, 3.8) is 0 Å². The van der Waals surface area contributed by atoms with Crippen LogP contribution in [0, 0.1) is 27.7 Å². The first-order chi connectivity index (χ1) is 17.0. The zero-order valence-corrected chi connectivity index (χ0v) is 21.3. The summed E-state index contributed by atoms with van der Waals surface area (Å²) in [4.78, 5) is 9.60. The number of rotatable bonds is 8. The van der Waals surface area contributed by atoms with Crippen molar-refractivity contribution >= 4 is 17.2 Å². The second kappa shape index (κ2) is 9.95. The number of aromatic nitrogens is 3. The van der Waals surface area contributed by atoms with Gasteiger partial charge in [0.2, 0.25) is 0 Å². The molecule has 0 atom stereocenters. The van der Waals surface area contributed by atoms with Gasteiger partial charge in [-0.1, -0.05) is 36.2 Å². The highest BCUT2D eigenvalue weighted by molar-refractivity contribution is 5.82. The standard InChI is InChI=1S/C30H35N5/c1-21-16-22(2)29(23(3)17-21)25-10-8-12-27(19-25)35-20-34(28-13-9-14-31-30(28)35)15-7-5-6-11-26-18-24(4)32-33-26/h8-10,12-14,16-19H,5-7,11,15,20H2,1-4H3,(H,32,33). The van der Waals surface area contributed by atoms with Crippen molar-refractivity contribution in [1.82, 2.24) is 15.2 Å². The molecule has 35 heavy (non-hydrogen) atoms. The molecule has 0 unspecified atom stereocenters. The minimum atomic E-state index is 0.834. The smallest absolute Gasteiger partial charge is 0.158 e. The molecule has 0 fully saturated rings. The van der Waals surface area contributed by atoms with E-state index in [2.05, 4.69) is 96.2 Å². The summed E-state index contributed by atoms with van der Waals surface area (Å²) in [7, 11) is 0. The quantitative estimate of drug-likeness (QED) is 0.284. The Kier molecular flexibility index (Phi) is 6.58. The first-order valence-electron chi connectivity index (χ1n) is 12.7. The minimum absolute atomic E-state index is 0.834. The van der Waals surface area contributed by atoms with Gasteiger partial charge in [0.25, 0.3) is 0 Å². The first kappa shape index (κ1) is 23.2. The number of nitrogens with zero attached hydrogens (tertiary/aromatic N) is 4. The van der Waals surface area contributed by atoms with E-state index in [-0.39, 0.29) is 0 Å². The largest absolute Gasteiger partial charge is 0.350 e. The van der Waals surface area contributed by atoms with Crippen molar-refractivity contribution < 1.29 is 0 Å². The summed E-state index contributed by atoms with van der Waals surface area (Å²) < 4.78 is 0. The normalized spacial score (nSPS) is 12.9. The molecule has 5 nitrogen and oxygen atoms in total. The predicted octanol–water partition coefficient (Wildman–Crippen LogP) is 7.03. The average Bonchev–Trinajstić information content (AvgIpc) is 3.42. The van der Waals surface area contributed by atoms with Gasteiger partial charge in [0.1, 0.15) is 0 Å². The average molecular weight is 466 g/mol. The number of H-pyrrole nitrogens is 1. The highest BCUT2D eigenvalue weighted by atomic mass is 15.4. The Morgan fingerprint density at radius 3 is 2.49 bits per heavy atom. The number of hydrogen-bond acceptors (Lipinski definition) is 4. The van der Waals surface area contributed by atoms with Crippen molar-refractivity contribution in [3.8, 4) is 11.1 Å². The van der Waals surface area contributed by atoms with Crippen LogP contribution >= 0.6 is 0 Å². The molecule has 5 heteroatoms. The number of pyridine rings is 1. The molecule has 1 aliphatic rings. The molecule has 0 bridgehead atoms. The summed E-state index contributed by atoms with van der Waals surface area (Å²) in [5.41, 5.74) is 11.3. The fourth-order valence-corrected chi connectivity index (χ4v) is 5.40. The van der Waals surface area contributed by atoms with Crippen LogP contribution < -0.4 is 9.80 Å². The van der Waals surface area contributed by atoms with Crippen LogP contribution in [0.15, 0.2) is 60.8 Å². The minimum Gasteiger partial charge on any atom is -0.350 e. The van der Waals surface area contributed by atoms with Crippen LogP contribution in [0.4, 0.5) is 17.2 Å². The molecule has 4 aromatic rings. The van der Waals surface area contributed by atoms with Gasteiger partial charge in [-0.2, -0.15) is 5.10 Å². The van der Waals surface area contributed by atoms with Crippen molar-refractivity contribution in [1.29, 1.82) is 0 Å². The van der Waals surface area contributed by atoms with Crippen LogP contribution in [0.25, 0.3) is 11.1 Å². The molecule has 2 aromatic carbocycles. The lowest BCUT2D eigenvalue weighted by Crippen LogP contribution is -2.28. The maximum Gasteiger partial charge on any atom is 0.158 e. The number of aryl methyl sites for hydroxylation is 5. The zero-order valence-electron chi connectivity index (χ0n) is 21.3. The Hall–Kier alpha value is -3.60. The van der Waals surface area contributed by atoms with E-state index in [0.717, 1.165) is 37.6 Å². The Morgan fingerprint density at radius 2 is 1.71 bits per heavy atom. The maximum absolute atomic E-state index is 4.78. The highest BCUT2D eigenvalue weighted by Crippen LogP contribution is 2.40. The van der Waals surface area contributed by atoms with Gasteiger partial charge >= 0.3 is 0 Å². The van der Waals surface area contributed by atoms with Gasteiger partial charge in [-0.15, -0.1) is 0 Å². The van der Waals surface area contributed by atoms with Crippen LogP contribution in [0.5, 0.6) is 0 Å². The number of hydrogen-bond donors (Lipinski definition) is 1. The van der Waals surface area contributed by atoms with Gasteiger partial charge in [-0.05, 0) is 99.5 Å². The number of aromatic amines is 1. The van der Waals surface area contributed by atoms with Crippen molar-refractivity contribution in [3.05, 3.63) is 88.9 Å². The molecular formula is C30H35N5. The molecule has 3 heterocycles. The molecule has 5 rings (SSSR count). The van der Waals surface area contributed by atoms with Gasteiger partial charge < -0.3 is 9.80 Å². The first-order valence-corrected chi connectivity index (χ1v) is 12.7. The Balaban J connectivity index is 1.30. The van der Waals surface area contributed by atoms with Crippen molar-refractivity contribution in [2.24, 2.45) is 0 Å². The second-order valence-corrected chi connectivity index (χ2v) is 9.86. The van der Waals surface area contributed by atoms with Crippen LogP contribution in [-0.2, 0) is 6.42 Å². The molecular weight excluding hydrogens is 430 g/mol. The van der Waals surface area contributed by atoms with E-state index in [0.29, 0.717) is 0 Å². The summed E-state index contributed by atoms with van der Waals surface area (Å²) in [5, 5.41) is 7.40. The number of anilines is 3. The lowest BCUT2D eigenvalue weighted by Gasteiger charge is -2.22. The second-order valence-electron chi connectivity index (χ2n) is 9.86. The van der Waals surface area contributed by atoms with E-state index in [1.165, 1.54) is 57.7 Å². The van der Waals surface area contributed by atoms with E-state index >= 15 is 0 Å². The molecule has 1 aliphatic heterocycles. The molecule has 180 valence electrons. The SMILES string of the molecule is Cc1cc(C)c(-c2cccc(N3CN(CCCCCc4cc(C)[nH]n4)c4cccnc43)c2)c(C)c1. The highest BCUT2D eigenvalue weighted by Gasteiger charge is 2.27. The van der Waals surface area contributed by atoms with Gasteiger partial charge in [0.15, 0.2) is 5.82 Å². The molecule has 2 aromatic heterocycles. The van der Waals surface area contributed by atoms with Gasteiger partial charge in [-0.25, -0.2) is 4.98 Å². The summed E-state index contributed by atoms with van der Waals surface area (Å²) in [6, 6.07) is 19.9. The van der Waals surface area contributed by atoms with Gasteiger partial charge in [0, 0.05) is 24.1 Å². The molecule has 0 aliphatic carbocycles. The van der Waals surface area contributed by atoms with E-state index in [4.69, 9.17) is 4.98 Å². The Morgan fingerprint density at radius 1 is 0.886 bits per heavy atom. The summed E-state index contributed by atoms with van der Waals surface area (Å²) in [6.07, 6.45) is 6.46. The van der Waals surface area contributed by atoms with Crippen molar-refractivity contribution in [2.75, 3.05) is 23.0 Å². The zero-order chi connectivity index (χ0) is 24.4. The van der Waals surface area contributed by atoms with E-state index in [1.807, 2.05) is 12.3 Å². The molecule has 0 saturated carbocycles.